The molecule has 102 valence electrons. The molecule has 5 heteroatoms. The summed E-state index contributed by atoms with van der Waals surface area (Å²) in [6.45, 7) is 1.25. The fourth-order valence-corrected chi connectivity index (χ4v) is 2.55. The van der Waals surface area contributed by atoms with Gasteiger partial charge in [0.1, 0.15) is 0 Å². The van der Waals surface area contributed by atoms with Crippen LogP contribution in [0.4, 0.5) is 8.78 Å². The summed E-state index contributed by atoms with van der Waals surface area (Å²) in [6.07, 6.45) is 1.54. The predicted octanol–water partition coefficient (Wildman–Crippen LogP) is 1.97. The highest BCUT2D eigenvalue weighted by Gasteiger charge is 2.44. The van der Waals surface area contributed by atoms with E-state index in [1.165, 1.54) is 6.07 Å². The fourth-order valence-electron chi connectivity index (χ4n) is 2.55. The Balaban J connectivity index is 1.60. The van der Waals surface area contributed by atoms with Gasteiger partial charge in [-0.05, 0) is 36.5 Å². The number of amides is 1. The lowest BCUT2D eigenvalue weighted by atomic mass is 10.1. The number of carbonyl (C=O) groups excluding carboxylic acids is 1. The minimum atomic E-state index is -0.854. The SMILES string of the molecule is O=C(N[C@@H]1CCOC1)[C@H]1C[C@H]1c1ccc(F)c(F)c1. The smallest absolute Gasteiger partial charge is 0.224 e. The van der Waals surface area contributed by atoms with Crippen molar-refractivity contribution in [1.82, 2.24) is 5.32 Å². The number of rotatable bonds is 3. The third kappa shape index (κ3) is 2.61. The number of nitrogens with one attached hydrogen (secondary N) is 1. The first-order valence-electron chi connectivity index (χ1n) is 6.48. The minimum Gasteiger partial charge on any atom is -0.379 e. The van der Waals surface area contributed by atoms with Crippen molar-refractivity contribution in [1.29, 1.82) is 0 Å². The van der Waals surface area contributed by atoms with Crippen molar-refractivity contribution in [3.05, 3.63) is 35.4 Å². The maximum absolute atomic E-state index is 13.1. The number of carbonyl (C=O) groups is 1. The predicted molar refractivity (Wildman–Crippen MR) is 64.6 cm³/mol. The van der Waals surface area contributed by atoms with Gasteiger partial charge in [-0.3, -0.25) is 4.79 Å². The van der Waals surface area contributed by atoms with Crippen LogP contribution in [0, 0.1) is 17.6 Å². The Morgan fingerprint density at radius 1 is 1.32 bits per heavy atom. The summed E-state index contributed by atoms with van der Waals surface area (Å²) >= 11 is 0. The lowest BCUT2D eigenvalue weighted by molar-refractivity contribution is -0.123. The van der Waals surface area contributed by atoms with Crippen LogP contribution in [0.25, 0.3) is 0 Å². The highest BCUT2D eigenvalue weighted by atomic mass is 19.2. The molecule has 1 aromatic rings. The van der Waals surface area contributed by atoms with Gasteiger partial charge in [0.15, 0.2) is 11.6 Å². The molecule has 2 fully saturated rings. The van der Waals surface area contributed by atoms with Crippen LogP contribution in [0.3, 0.4) is 0 Å². The zero-order chi connectivity index (χ0) is 13.4. The second-order valence-corrected chi connectivity index (χ2v) is 5.19. The van der Waals surface area contributed by atoms with Crippen LogP contribution in [-0.2, 0) is 9.53 Å². The number of benzene rings is 1. The summed E-state index contributed by atoms with van der Waals surface area (Å²) < 4.78 is 31.2. The summed E-state index contributed by atoms with van der Waals surface area (Å²) in [7, 11) is 0. The quantitative estimate of drug-likeness (QED) is 0.909. The van der Waals surface area contributed by atoms with Gasteiger partial charge in [-0.25, -0.2) is 8.78 Å². The van der Waals surface area contributed by atoms with Crippen molar-refractivity contribution < 1.29 is 18.3 Å². The van der Waals surface area contributed by atoms with Gasteiger partial charge in [0.2, 0.25) is 5.91 Å². The van der Waals surface area contributed by atoms with E-state index < -0.39 is 11.6 Å². The molecule has 1 amide bonds. The van der Waals surface area contributed by atoms with Crippen molar-refractivity contribution in [2.75, 3.05) is 13.2 Å². The molecule has 1 saturated carbocycles. The molecule has 1 aliphatic carbocycles. The zero-order valence-electron chi connectivity index (χ0n) is 10.4. The molecular formula is C14H15F2NO2. The van der Waals surface area contributed by atoms with E-state index in [-0.39, 0.29) is 23.8 Å². The Morgan fingerprint density at radius 3 is 2.84 bits per heavy atom. The zero-order valence-corrected chi connectivity index (χ0v) is 10.4. The van der Waals surface area contributed by atoms with E-state index in [2.05, 4.69) is 5.32 Å². The molecular weight excluding hydrogens is 252 g/mol. The second-order valence-electron chi connectivity index (χ2n) is 5.19. The fraction of sp³-hybridized carbons (Fsp3) is 0.500. The first-order valence-corrected chi connectivity index (χ1v) is 6.48. The summed E-state index contributed by atoms with van der Waals surface area (Å²) in [5.41, 5.74) is 0.696. The molecule has 0 spiro atoms. The number of halogens is 2. The first-order chi connectivity index (χ1) is 9.15. The summed E-state index contributed by atoms with van der Waals surface area (Å²) in [5, 5.41) is 2.93. The van der Waals surface area contributed by atoms with Crippen LogP contribution in [0.1, 0.15) is 24.3 Å². The van der Waals surface area contributed by atoms with Crippen molar-refractivity contribution in [3.63, 3.8) is 0 Å². The molecule has 0 radical (unpaired) electrons. The van der Waals surface area contributed by atoms with E-state index in [0.29, 0.717) is 25.2 Å². The van der Waals surface area contributed by atoms with Crippen LogP contribution < -0.4 is 5.32 Å². The number of hydrogen-bond acceptors (Lipinski definition) is 2. The van der Waals surface area contributed by atoms with Crippen molar-refractivity contribution >= 4 is 5.91 Å². The minimum absolute atomic E-state index is 0.00904. The molecule has 3 rings (SSSR count). The van der Waals surface area contributed by atoms with E-state index in [9.17, 15) is 13.6 Å². The van der Waals surface area contributed by atoms with Gasteiger partial charge in [-0.15, -0.1) is 0 Å². The van der Waals surface area contributed by atoms with E-state index in [0.717, 1.165) is 12.5 Å². The normalized spacial score (nSPS) is 29.3. The van der Waals surface area contributed by atoms with Crippen LogP contribution in [-0.4, -0.2) is 25.2 Å². The maximum Gasteiger partial charge on any atom is 0.224 e. The van der Waals surface area contributed by atoms with Gasteiger partial charge in [0, 0.05) is 12.5 Å². The van der Waals surface area contributed by atoms with Crippen LogP contribution >= 0.6 is 0 Å². The Bertz CT molecular complexity index is 500. The lowest BCUT2D eigenvalue weighted by Gasteiger charge is -2.10. The molecule has 0 aromatic heterocycles. The molecule has 1 aromatic carbocycles. The average Bonchev–Trinajstić information content (AvgIpc) is 3.04. The molecule has 3 atom stereocenters. The van der Waals surface area contributed by atoms with Gasteiger partial charge in [0.05, 0.1) is 12.6 Å². The van der Waals surface area contributed by atoms with E-state index >= 15 is 0 Å². The largest absolute Gasteiger partial charge is 0.379 e. The van der Waals surface area contributed by atoms with Gasteiger partial charge in [-0.1, -0.05) is 6.07 Å². The van der Waals surface area contributed by atoms with Gasteiger partial charge in [0.25, 0.3) is 0 Å². The maximum atomic E-state index is 13.1. The van der Waals surface area contributed by atoms with Crippen molar-refractivity contribution in [3.8, 4) is 0 Å². The topological polar surface area (TPSA) is 38.3 Å². The highest BCUT2D eigenvalue weighted by Crippen LogP contribution is 2.47. The van der Waals surface area contributed by atoms with Gasteiger partial charge >= 0.3 is 0 Å². The van der Waals surface area contributed by atoms with Crippen LogP contribution in [0.15, 0.2) is 18.2 Å². The first kappa shape index (κ1) is 12.5. The Morgan fingerprint density at radius 2 is 2.16 bits per heavy atom. The summed E-state index contributed by atoms with van der Waals surface area (Å²) in [4.78, 5) is 12.0. The number of hydrogen-bond donors (Lipinski definition) is 1. The Hall–Kier alpha value is -1.49. The van der Waals surface area contributed by atoms with E-state index in [1.807, 2.05) is 0 Å². The molecule has 1 aliphatic heterocycles. The molecule has 1 N–H and O–H groups in total. The van der Waals surface area contributed by atoms with Gasteiger partial charge < -0.3 is 10.1 Å². The molecule has 3 nitrogen and oxygen atoms in total. The van der Waals surface area contributed by atoms with Crippen LogP contribution in [0.2, 0.25) is 0 Å². The Kier molecular flexibility index (Phi) is 3.22. The van der Waals surface area contributed by atoms with Gasteiger partial charge in [-0.2, -0.15) is 0 Å². The number of ether oxygens (including phenoxy) is 1. The second kappa shape index (κ2) is 4.89. The van der Waals surface area contributed by atoms with Crippen molar-refractivity contribution in [2.45, 2.75) is 24.8 Å². The molecule has 1 saturated heterocycles. The monoisotopic (exact) mass is 267 g/mol. The van der Waals surface area contributed by atoms with Crippen LogP contribution in [0.5, 0.6) is 0 Å². The third-order valence-corrected chi connectivity index (χ3v) is 3.78. The lowest BCUT2D eigenvalue weighted by Crippen LogP contribution is -2.36. The molecule has 19 heavy (non-hydrogen) atoms. The molecule has 1 heterocycles. The molecule has 0 bridgehead atoms. The Labute approximate surface area is 109 Å². The summed E-state index contributed by atoms with van der Waals surface area (Å²) in [6, 6.07) is 3.95. The third-order valence-electron chi connectivity index (χ3n) is 3.78. The van der Waals surface area contributed by atoms with E-state index in [4.69, 9.17) is 4.74 Å². The molecule has 0 unspecified atom stereocenters. The molecule has 2 aliphatic rings. The average molecular weight is 267 g/mol. The van der Waals surface area contributed by atoms with E-state index in [1.54, 1.807) is 6.07 Å². The highest BCUT2D eigenvalue weighted by molar-refractivity contribution is 5.83. The van der Waals surface area contributed by atoms with Crippen molar-refractivity contribution in [2.24, 2.45) is 5.92 Å². The summed E-state index contributed by atoms with van der Waals surface area (Å²) in [5.74, 6) is -1.82. The standard InChI is InChI=1S/C14H15F2NO2/c15-12-2-1-8(5-13(12)16)10-6-11(10)14(18)17-9-3-4-19-7-9/h1-2,5,9-11H,3-4,6-7H2,(H,17,18)/t9-,10+,11+/m1/s1.